The van der Waals surface area contributed by atoms with Crippen molar-refractivity contribution in [2.45, 2.75) is 148 Å². The number of aliphatic hydroxyl groups excluding tert-OH is 2. The molecule has 22 nitrogen and oxygen atoms in total. The van der Waals surface area contributed by atoms with E-state index in [1.54, 1.807) is 87.5 Å². The molecule has 0 unspecified atom stereocenters. The molecule has 12 atom stereocenters. The first kappa shape index (κ1) is 61.1. The third-order valence-corrected chi connectivity index (χ3v) is 15.9. The number of hydrogen-bond donors (Lipinski definition) is 5. The van der Waals surface area contributed by atoms with Crippen molar-refractivity contribution in [1.82, 2.24) is 10.6 Å². The summed E-state index contributed by atoms with van der Waals surface area (Å²) in [6.07, 6.45) is -13.5. The number of Topliss-reactive ketones (excluding diaryl/α,β-unsaturated/α-hetero) is 1. The van der Waals surface area contributed by atoms with Crippen molar-refractivity contribution < 1.29 is 96.4 Å². The summed E-state index contributed by atoms with van der Waals surface area (Å²) < 4.78 is 45.9. The number of hydrogen-bond acceptors (Lipinski definition) is 20. The first-order valence-electron chi connectivity index (χ1n) is 26.6. The second-order valence-electron chi connectivity index (χ2n) is 22.5. The number of rotatable bonds is 18. The van der Waals surface area contributed by atoms with E-state index in [2.05, 4.69) is 10.6 Å². The van der Waals surface area contributed by atoms with Crippen molar-refractivity contribution in [3.05, 3.63) is 119 Å². The monoisotopic (exact) mass is 1130 g/mol. The number of aliphatic hydroxyl groups is 3. The van der Waals surface area contributed by atoms with Gasteiger partial charge in [-0.2, -0.15) is 0 Å². The molecule has 1 saturated heterocycles. The SMILES string of the molecule is CCOC(=O)[C@H](CC(=O)OCC(=O)O[C@@H](C(=O)O[C@H]1C[C@@]2(O)[C@@H](OC(=O)c3ccccc3)[C@@H]3[C@]4(OC(C)=O)CO[C@@H]4C[C@H](O)[C@@]3(C)C(=O)[C@H](O)C(=C1C)C2(C)C)[C@@H](NC(=O)C(C)(C)C)c1ccccc1)NC(=O)OCc1ccccc1. The average molecular weight is 1130 g/mol. The van der Waals surface area contributed by atoms with E-state index in [9.17, 15) is 48.9 Å². The van der Waals surface area contributed by atoms with Crippen molar-refractivity contribution in [3.8, 4) is 0 Å². The lowest BCUT2D eigenvalue weighted by molar-refractivity contribution is -0.346. The van der Waals surface area contributed by atoms with E-state index in [1.807, 2.05) is 0 Å². The highest BCUT2D eigenvalue weighted by Gasteiger charge is 2.78. The van der Waals surface area contributed by atoms with Crippen LogP contribution >= 0.6 is 0 Å². The maximum absolute atomic E-state index is 15.3. The lowest BCUT2D eigenvalue weighted by Crippen LogP contribution is -2.81. The van der Waals surface area contributed by atoms with Crippen LogP contribution in [0.15, 0.2) is 102 Å². The van der Waals surface area contributed by atoms with Gasteiger partial charge in [-0.05, 0) is 55.2 Å². The van der Waals surface area contributed by atoms with Crippen LogP contribution in [0, 0.1) is 22.2 Å². The smallest absolute Gasteiger partial charge is 0.408 e. The quantitative estimate of drug-likeness (QED) is 0.0676. The van der Waals surface area contributed by atoms with Crippen LogP contribution < -0.4 is 10.6 Å². The Kier molecular flexibility index (Phi) is 18.3. The number of nitrogens with one attached hydrogen (secondary N) is 2. The fourth-order valence-electron chi connectivity index (χ4n) is 11.5. The molecule has 1 aliphatic heterocycles. The maximum atomic E-state index is 15.3. The number of carbonyl (C=O) groups excluding carboxylic acids is 9. The van der Waals surface area contributed by atoms with Crippen molar-refractivity contribution >= 4 is 53.6 Å². The molecule has 3 aromatic rings. The Bertz CT molecular complexity index is 2910. The number of alkyl carbamates (subject to hydrolysis) is 1. The number of benzene rings is 3. The maximum Gasteiger partial charge on any atom is 0.408 e. The first-order chi connectivity index (χ1) is 38.1. The zero-order valence-electron chi connectivity index (χ0n) is 46.6. The Morgan fingerprint density at radius 3 is 2.00 bits per heavy atom. The van der Waals surface area contributed by atoms with Crippen LogP contribution in [0.2, 0.25) is 0 Å². The molecule has 7 rings (SSSR count). The molecule has 3 aliphatic carbocycles. The molecule has 0 radical (unpaired) electrons. The minimum atomic E-state index is -2.52. The third-order valence-electron chi connectivity index (χ3n) is 15.9. The molecule has 2 amide bonds. The van der Waals surface area contributed by atoms with E-state index in [0.29, 0.717) is 5.56 Å². The van der Waals surface area contributed by atoms with E-state index >= 15 is 9.59 Å². The molecule has 0 aromatic heterocycles. The van der Waals surface area contributed by atoms with Crippen molar-refractivity contribution in [1.29, 1.82) is 0 Å². The van der Waals surface area contributed by atoms with Crippen molar-refractivity contribution in [3.63, 3.8) is 0 Å². The Hall–Kier alpha value is -7.53. The second kappa shape index (κ2) is 24.3. The Morgan fingerprint density at radius 2 is 1.42 bits per heavy atom. The van der Waals surface area contributed by atoms with Crippen LogP contribution in [-0.4, -0.2) is 143 Å². The molecule has 1 heterocycles. The predicted octanol–water partition coefficient (Wildman–Crippen LogP) is 4.24. The molecule has 436 valence electrons. The van der Waals surface area contributed by atoms with E-state index in [0.717, 1.165) is 6.92 Å². The highest BCUT2D eigenvalue weighted by Crippen LogP contribution is 2.64. The van der Waals surface area contributed by atoms with E-state index in [1.165, 1.54) is 58.9 Å². The third kappa shape index (κ3) is 12.4. The molecule has 0 spiro atoms. The zero-order valence-corrected chi connectivity index (χ0v) is 46.6. The standard InChI is InChI=1S/C59H70N2O20/c1-10-74-51(69)37(60-54(72)76-29-34-20-14-11-15-21-34)26-41(64)75-30-42(65)79-46(44(35-22-16-12-17-23-35)61-53(71)55(4,5)6)52(70)78-38-28-59(73)49(80-50(68)36-24-18-13-19-25-36)47-57(9,48(67)45(66)43(32(38)2)56(59,7)8)39(63)27-40-58(47,31-77-40)81-33(3)62/h11-25,37-40,44-47,49,63,66,73H,10,26-31H2,1-9H3,(H,60,72)(H,61,71)/t37-,38-,39-,40+,44-,45+,46+,47-,49-,57+,58-,59+/m0/s1. The van der Waals surface area contributed by atoms with E-state index < -0.39 is 155 Å². The number of carbonyl (C=O) groups is 9. The minimum Gasteiger partial charge on any atom is -0.464 e. The first-order valence-corrected chi connectivity index (χ1v) is 26.6. The fraction of sp³-hybridized carbons (Fsp3) is 0.508. The summed E-state index contributed by atoms with van der Waals surface area (Å²) in [6.45, 7) is 11.2. The number of ether oxygens (including phenoxy) is 8. The molecule has 4 aliphatic rings. The van der Waals surface area contributed by atoms with Gasteiger partial charge in [-0.25, -0.2) is 24.0 Å². The largest absolute Gasteiger partial charge is 0.464 e. The van der Waals surface area contributed by atoms with Gasteiger partial charge in [0, 0.05) is 30.6 Å². The summed E-state index contributed by atoms with van der Waals surface area (Å²) in [5.74, 6) is -10.1. The number of esters is 6. The lowest BCUT2D eigenvalue weighted by atomic mass is 9.44. The minimum absolute atomic E-state index is 0.00776. The Morgan fingerprint density at radius 1 is 0.802 bits per heavy atom. The fourth-order valence-corrected chi connectivity index (χ4v) is 11.5. The molecule has 22 heteroatoms. The van der Waals surface area contributed by atoms with Gasteiger partial charge in [0.05, 0.1) is 42.6 Å². The molecule has 5 N–H and O–H groups in total. The van der Waals surface area contributed by atoms with Gasteiger partial charge in [-0.15, -0.1) is 0 Å². The van der Waals surface area contributed by atoms with Gasteiger partial charge >= 0.3 is 41.9 Å². The van der Waals surface area contributed by atoms with Gasteiger partial charge in [0.25, 0.3) is 0 Å². The number of fused-ring (bicyclic) bond motifs is 5. The molecule has 2 saturated carbocycles. The molecular formula is C59H70N2O20. The van der Waals surface area contributed by atoms with Crippen LogP contribution in [-0.2, 0) is 78.1 Å². The van der Waals surface area contributed by atoms with Crippen LogP contribution in [0.4, 0.5) is 4.79 Å². The average Bonchev–Trinajstić information content (AvgIpc) is 3.52. The van der Waals surface area contributed by atoms with Gasteiger partial charge in [0.1, 0.15) is 48.7 Å². The molecular weight excluding hydrogens is 1060 g/mol. The summed E-state index contributed by atoms with van der Waals surface area (Å²) in [6, 6.07) is 20.9. The van der Waals surface area contributed by atoms with Gasteiger partial charge in [0.15, 0.2) is 18.0 Å². The molecule has 81 heavy (non-hydrogen) atoms. The zero-order chi connectivity index (χ0) is 59.4. The van der Waals surface area contributed by atoms with Gasteiger partial charge in [-0.3, -0.25) is 19.2 Å². The second-order valence-corrected chi connectivity index (χ2v) is 22.5. The van der Waals surface area contributed by atoms with Gasteiger partial charge in [0.2, 0.25) is 12.0 Å². The lowest BCUT2D eigenvalue weighted by Gasteiger charge is -2.67. The molecule has 3 fully saturated rings. The van der Waals surface area contributed by atoms with Crippen molar-refractivity contribution in [2.24, 2.45) is 22.2 Å². The number of ketones is 1. The predicted molar refractivity (Wildman–Crippen MR) is 281 cm³/mol. The number of amides is 2. The van der Waals surface area contributed by atoms with Crippen LogP contribution in [0.5, 0.6) is 0 Å². The highest BCUT2D eigenvalue weighted by molar-refractivity contribution is 5.94. The van der Waals surface area contributed by atoms with Crippen LogP contribution in [0.25, 0.3) is 0 Å². The molecule has 3 aromatic carbocycles. The van der Waals surface area contributed by atoms with Crippen LogP contribution in [0.1, 0.15) is 109 Å². The van der Waals surface area contributed by atoms with Gasteiger partial charge in [-0.1, -0.05) is 113 Å². The van der Waals surface area contributed by atoms with Gasteiger partial charge < -0.3 is 63.8 Å². The summed E-state index contributed by atoms with van der Waals surface area (Å²) in [5.41, 5.74) is -8.70. The van der Waals surface area contributed by atoms with Crippen molar-refractivity contribution in [2.75, 3.05) is 19.8 Å². The van der Waals surface area contributed by atoms with Crippen LogP contribution in [0.3, 0.4) is 0 Å². The summed E-state index contributed by atoms with van der Waals surface area (Å²) >= 11 is 0. The highest BCUT2D eigenvalue weighted by atomic mass is 16.6. The Balaban J connectivity index is 1.25. The Labute approximate surface area is 468 Å². The van der Waals surface area contributed by atoms with E-state index in [4.69, 9.17) is 37.9 Å². The summed E-state index contributed by atoms with van der Waals surface area (Å²) in [4.78, 5) is 125. The molecule has 2 bridgehead atoms. The summed E-state index contributed by atoms with van der Waals surface area (Å²) in [5, 5.41) is 43.4. The summed E-state index contributed by atoms with van der Waals surface area (Å²) in [7, 11) is 0. The topological polar surface area (TPSA) is 312 Å². The normalized spacial score (nSPS) is 27.5. The van der Waals surface area contributed by atoms with E-state index in [-0.39, 0.29) is 48.5 Å².